The molecule has 0 aromatic carbocycles. The summed E-state index contributed by atoms with van der Waals surface area (Å²) in [6, 6.07) is 0. The number of nitrogens with zero attached hydrogens (tertiary/aromatic N) is 1. The van der Waals surface area contributed by atoms with Crippen molar-refractivity contribution in [2.24, 2.45) is 0 Å². The van der Waals surface area contributed by atoms with Gasteiger partial charge < -0.3 is 21.7 Å². The van der Waals surface area contributed by atoms with Gasteiger partial charge in [-0.1, -0.05) is 233 Å². The third kappa shape index (κ3) is 49.8. The van der Waals surface area contributed by atoms with Gasteiger partial charge in [0.05, 0.1) is 26.2 Å². The maximum absolute atomic E-state index is 9.75. The fourth-order valence-corrected chi connectivity index (χ4v) is 8.41. The molecule has 1 nitrogen and oxygen atoms in total. The van der Waals surface area contributed by atoms with Crippen LogP contribution >= 0.6 is 0 Å². The minimum absolute atomic E-state index is 1.37. The van der Waals surface area contributed by atoms with Crippen LogP contribution in [0, 0.1) is 0 Å². The number of unbranched alkanes of at least 4 members (excludes halogenated alkanes) is 36. The summed E-state index contributed by atoms with van der Waals surface area (Å²) in [6.07, 6.45) is 58.7. The lowest BCUT2D eigenvalue weighted by Crippen LogP contribution is -2.50. The van der Waals surface area contributed by atoms with Gasteiger partial charge in [-0.3, -0.25) is 0 Å². The van der Waals surface area contributed by atoms with Gasteiger partial charge in [0.25, 0.3) is 0 Å². The minimum atomic E-state index is -6.00. The highest BCUT2D eigenvalue weighted by molar-refractivity contribution is 6.50. The van der Waals surface area contributed by atoms with Crippen LogP contribution in [0.5, 0.6) is 0 Å². The molecule has 0 aliphatic carbocycles. The van der Waals surface area contributed by atoms with Gasteiger partial charge in [0.2, 0.25) is 0 Å². The summed E-state index contributed by atoms with van der Waals surface area (Å²) in [4.78, 5) is 0. The van der Waals surface area contributed by atoms with Gasteiger partial charge >= 0.3 is 7.25 Å². The predicted molar refractivity (Wildman–Crippen MR) is 237 cm³/mol. The van der Waals surface area contributed by atoms with E-state index in [-0.39, 0.29) is 0 Å². The molecule has 0 saturated carbocycles. The predicted octanol–water partition coefficient (Wildman–Crippen LogP) is 18.8. The Morgan fingerprint density at radius 2 is 0.333 bits per heavy atom. The number of quaternary nitrogens is 1. The van der Waals surface area contributed by atoms with E-state index >= 15 is 0 Å². The first-order valence-electron chi connectivity index (χ1n) is 25.0. The van der Waals surface area contributed by atoms with E-state index in [1.165, 1.54) is 287 Å². The van der Waals surface area contributed by atoms with Crippen molar-refractivity contribution in [1.82, 2.24) is 0 Å². The molecule has 0 atom stereocenters. The SMILES string of the molecule is CCCCCCCCCCCC[N+](CCCCCCCCCCCC)(CCCCCCCCCCCC)CCCCCCCCCCCC.F[B-](F)(F)F. The summed E-state index contributed by atoms with van der Waals surface area (Å²) >= 11 is 0. The number of rotatable bonds is 44. The Morgan fingerprint density at radius 1 is 0.222 bits per heavy atom. The molecule has 0 aromatic heterocycles. The number of halogens is 4. The highest BCUT2D eigenvalue weighted by Gasteiger charge is 2.26. The first kappa shape index (κ1) is 55.8. The Morgan fingerprint density at radius 3 is 0.463 bits per heavy atom. The lowest BCUT2D eigenvalue weighted by atomic mass is 10.0. The summed E-state index contributed by atoms with van der Waals surface area (Å²) in [6.45, 7) is 15.3. The largest absolute Gasteiger partial charge is 0.673 e. The Bertz CT molecular complexity index is 566. The van der Waals surface area contributed by atoms with Crippen LogP contribution < -0.4 is 0 Å². The molecule has 0 N–H and O–H groups in total. The number of hydrogen-bond acceptors (Lipinski definition) is 0. The van der Waals surface area contributed by atoms with E-state index in [0.717, 1.165) is 0 Å². The zero-order valence-corrected chi connectivity index (χ0v) is 37.6. The second-order valence-corrected chi connectivity index (χ2v) is 17.5. The molecule has 0 aliphatic heterocycles. The van der Waals surface area contributed by atoms with Crippen molar-refractivity contribution in [2.45, 2.75) is 285 Å². The first-order valence-corrected chi connectivity index (χ1v) is 25.0. The van der Waals surface area contributed by atoms with Crippen LogP contribution in [-0.4, -0.2) is 37.9 Å². The average Bonchev–Trinajstić information content (AvgIpc) is 3.14. The van der Waals surface area contributed by atoms with Gasteiger partial charge in [-0.05, 0) is 51.4 Å². The molecule has 54 heavy (non-hydrogen) atoms. The van der Waals surface area contributed by atoms with Crippen molar-refractivity contribution in [1.29, 1.82) is 0 Å². The van der Waals surface area contributed by atoms with Gasteiger partial charge in [0.1, 0.15) is 0 Å². The molecule has 0 radical (unpaired) electrons. The smallest absolute Gasteiger partial charge is 0.418 e. The molecule has 0 unspecified atom stereocenters. The normalized spacial score (nSPS) is 12.0. The van der Waals surface area contributed by atoms with E-state index in [4.69, 9.17) is 0 Å². The van der Waals surface area contributed by atoms with E-state index in [0.29, 0.717) is 0 Å². The van der Waals surface area contributed by atoms with E-state index in [2.05, 4.69) is 27.7 Å². The molecule has 0 rings (SSSR count). The molecular weight excluding hydrogens is 677 g/mol. The van der Waals surface area contributed by atoms with Crippen molar-refractivity contribution in [3.8, 4) is 0 Å². The molecule has 0 bridgehead atoms. The fourth-order valence-electron chi connectivity index (χ4n) is 8.41. The molecule has 0 saturated heterocycles. The van der Waals surface area contributed by atoms with Crippen molar-refractivity contribution in [3.05, 3.63) is 0 Å². The van der Waals surface area contributed by atoms with Crippen LogP contribution in [0.4, 0.5) is 17.3 Å². The van der Waals surface area contributed by atoms with Gasteiger partial charge in [0, 0.05) is 0 Å². The highest BCUT2D eigenvalue weighted by atomic mass is 19.5. The lowest BCUT2D eigenvalue weighted by molar-refractivity contribution is -0.929. The zero-order valence-electron chi connectivity index (χ0n) is 37.6. The molecule has 0 amide bonds. The van der Waals surface area contributed by atoms with Gasteiger partial charge in [-0.15, -0.1) is 0 Å². The molecule has 0 aliphatic rings. The van der Waals surface area contributed by atoms with Crippen molar-refractivity contribution in [3.63, 3.8) is 0 Å². The Labute approximate surface area is 338 Å². The monoisotopic (exact) mass is 778 g/mol. The maximum atomic E-state index is 9.75. The molecule has 0 fully saturated rings. The minimum Gasteiger partial charge on any atom is -0.418 e. The van der Waals surface area contributed by atoms with Crippen LogP contribution in [-0.2, 0) is 0 Å². The topological polar surface area (TPSA) is 0 Å². The van der Waals surface area contributed by atoms with E-state index < -0.39 is 7.25 Å². The quantitative estimate of drug-likeness (QED) is 0.0250. The summed E-state index contributed by atoms with van der Waals surface area (Å²) in [5, 5.41) is 0. The summed E-state index contributed by atoms with van der Waals surface area (Å²) in [7, 11) is -6.00. The van der Waals surface area contributed by atoms with E-state index in [1.807, 2.05) is 0 Å². The van der Waals surface area contributed by atoms with Crippen LogP contribution in [0.25, 0.3) is 0 Å². The second-order valence-electron chi connectivity index (χ2n) is 17.5. The molecule has 6 heteroatoms. The molecule has 0 aromatic rings. The van der Waals surface area contributed by atoms with Crippen molar-refractivity contribution < 1.29 is 21.7 Å². The summed E-state index contributed by atoms with van der Waals surface area (Å²) in [5.74, 6) is 0. The zero-order chi connectivity index (χ0) is 40.1. The maximum Gasteiger partial charge on any atom is 0.673 e. The average molecular weight is 778 g/mol. The van der Waals surface area contributed by atoms with E-state index in [1.54, 1.807) is 0 Å². The molecule has 328 valence electrons. The standard InChI is InChI=1S/C48H100N.BF4/c1-5-9-13-17-21-25-29-33-37-41-45-49(46-42-38-34-30-26-22-18-14-10-6-2,47-43-39-35-31-27-23-19-15-11-7-3)48-44-40-36-32-28-24-20-16-12-8-4;2-1(3,4)5/h5-48H2,1-4H3;/q+1;-1. The number of hydrogen-bond donors (Lipinski definition) is 0. The van der Waals surface area contributed by atoms with Gasteiger partial charge in [0.15, 0.2) is 0 Å². The third-order valence-electron chi connectivity index (χ3n) is 11.9. The van der Waals surface area contributed by atoms with Crippen LogP contribution in [0.15, 0.2) is 0 Å². The fraction of sp³-hybridized carbons (Fsp3) is 1.00. The molecular formula is C48H100BF4N. The van der Waals surface area contributed by atoms with Gasteiger partial charge in [-0.25, -0.2) is 0 Å². The Balaban J connectivity index is 0. The molecule has 0 heterocycles. The van der Waals surface area contributed by atoms with E-state index in [9.17, 15) is 17.3 Å². The van der Waals surface area contributed by atoms with Crippen LogP contribution in [0.2, 0.25) is 0 Å². The van der Waals surface area contributed by atoms with Crippen molar-refractivity contribution >= 4 is 7.25 Å². The summed E-state index contributed by atoms with van der Waals surface area (Å²) < 4.78 is 40.5. The second kappa shape index (κ2) is 45.4. The summed E-state index contributed by atoms with van der Waals surface area (Å²) in [5.41, 5.74) is 0. The van der Waals surface area contributed by atoms with Gasteiger partial charge in [-0.2, -0.15) is 0 Å². The van der Waals surface area contributed by atoms with Crippen molar-refractivity contribution in [2.75, 3.05) is 26.2 Å². The Hall–Kier alpha value is -0.255. The lowest BCUT2D eigenvalue weighted by Gasteiger charge is -2.40. The van der Waals surface area contributed by atoms with Crippen LogP contribution in [0.1, 0.15) is 285 Å². The first-order chi connectivity index (χ1) is 26.2. The molecule has 0 spiro atoms. The third-order valence-corrected chi connectivity index (χ3v) is 11.9. The highest BCUT2D eigenvalue weighted by Crippen LogP contribution is 2.22. The van der Waals surface area contributed by atoms with Crippen LogP contribution in [0.3, 0.4) is 0 Å². The Kier molecular flexibility index (Phi) is 47.0.